The van der Waals surface area contributed by atoms with Crippen LogP contribution in [0.1, 0.15) is 36.3 Å². The van der Waals surface area contributed by atoms with Crippen molar-refractivity contribution in [3.05, 3.63) is 57.0 Å². The normalized spacial score (nSPS) is 18.8. The van der Waals surface area contributed by atoms with E-state index in [-0.39, 0.29) is 11.3 Å². The summed E-state index contributed by atoms with van der Waals surface area (Å²) in [5.74, 6) is 0.888. The Balaban J connectivity index is 1.98. The van der Waals surface area contributed by atoms with Gasteiger partial charge in [0.15, 0.2) is 10.9 Å². The molecule has 0 bridgehead atoms. The summed E-state index contributed by atoms with van der Waals surface area (Å²) in [6.45, 7) is 0. The second-order valence-corrected chi connectivity index (χ2v) is 7.14. The van der Waals surface area contributed by atoms with Crippen LogP contribution in [0.4, 0.5) is 5.82 Å². The predicted molar refractivity (Wildman–Crippen MR) is 101 cm³/mol. The third-order valence-corrected chi connectivity index (χ3v) is 5.44. The van der Waals surface area contributed by atoms with Crippen molar-refractivity contribution < 1.29 is 9.53 Å². The number of aromatic nitrogens is 2. The highest BCUT2D eigenvalue weighted by Gasteiger charge is 2.37. The SMILES string of the molecule is COc1cccc([C@@H]2C3=C(CCCC3=O)Nc3nc(SC)[nH]c(=O)c32)c1. The zero-order valence-electron chi connectivity index (χ0n) is 14.6. The molecule has 0 saturated carbocycles. The van der Waals surface area contributed by atoms with Crippen molar-refractivity contribution in [2.45, 2.75) is 30.3 Å². The topological polar surface area (TPSA) is 84.1 Å². The summed E-state index contributed by atoms with van der Waals surface area (Å²) < 4.78 is 5.34. The van der Waals surface area contributed by atoms with Gasteiger partial charge >= 0.3 is 0 Å². The minimum absolute atomic E-state index is 0.0885. The van der Waals surface area contributed by atoms with Crippen molar-refractivity contribution in [3.63, 3.8) is 0 Å². The first-order valence-electron chi connectivity index (χ1n) is 8.47. The molecule has 2 N–H and O–H groups in total. The number of methoxy groups -OCH3 is 1. The van der Waals surface area contributed by atoms with Crippen LogP contribution in [0.15, 0.2) is 45.5 Å². The van der Waals surface area contributed by atoms with Crippen molar-refractivity contribution >= 4 is 23.4 Å². The predicted octanol–water partition coefficient (Wildman–Crippen LogP) is 3.06. The molecule has 0 fully saturated rings. The number of ketones is 1. The monoisotopic (exact) mass is 369 g/mol. The fourth-order valence-corrected chi connectivity index (χ4v) is 4.07. The van der Waals surface area contributed by atoms with Crippen LogP contribution in [-0.2, 0) is 4.79 Å². The van der Waals surface area contributed by atoms with Crippen LogP contribution in [0.5, 0.6) is 5.75 Å². The molecule has 1 aromatic heterocycles. The van der Waals surface area contributed by atoms with Gasteiger partial charge in [0.25, 0.3) is 5.56 Å². The van der Waals surface area contributed by atoms with Crippen LogP contribution in [0.3, 0.4) is 0 Å². The molecule has 2 aliphatic rings. The zero-order chi connectivity index (χ0) is 18.3. The molecular formula is C19H19N3O3S. The molecule has 0 spiro atoms. The van der Waals surface area contributed by atoms with E-state index in [9.17, 15) is 9.59 Å². The first kappa shape index (κ1) is 16.9. The lowest BCUT2D eigenvalue weighted by atomic mass is 9.76. The Kier molecular flexibility index (Phi) is 4.32. The number of rotatable bonds is 3. The average molecular weight is 369 g/mol. The number of ether oxygens (including phenoxy) is 1. The van der Waals surface area contributed by atoms with E-state index < -0.39 is 5.92 Å². The Morgan fingerprint density at radius 3 is 2.88 bits per heavy atom. The maximum Gasteiger partial charge on any atom is 0.257 e. The molecule has 1 atom stereocenters. The van der Waals surface area contributed by atoms with E-state index in [0.717, 1.165) is 24.1 Å². The van der Waals surface area contributed by atoms with Gasteiger partial charge in [-0.25, -0.2) is 4.98 Å². The minimum Gasteiger partial charge on any atom is -0.497 e. The third-order valence-electron chi connectivity index (χ3n) is 4.86. The Labute approximate surface area is 155 Å². The zero-order valence-corrected chi connectivity index (χ0v) is 15.4. The van der Waals surface area contributed by atoms with Crippen molar-refractivity contribution in [1.29, 1.82) is 0 Å². The number of aromatic amines is 1. The molecule has 1 aromatic carbocycles. The first-order valence-corrected chi connectivity index (χ1v) is 9.70. The van der Waals surface area contributed by atoms with Crippen molar-refractivity contribution in [2.75, 3.05) is 18.7 Å². The molecule has 0 unspecified atom stereocenters. The van der Waals surface area contributed by atoms with Crippen LogP contribution in [0.25, 0.3) is 0 Å². The van der Waals surface area contributed by atoms with Gasteiger partial charge in [-0.05, 0) is 36.8 Å². The van der Waals surface area contributed by atoms with E-state index in [1.54, 1.807) is 7.11 Å². The fraction of sp³-hybridized carbons (Fsp3) is 0.316. The number of nitrogens with zero attached hydrogens (tertiary/aromatic N) is 1. The molecule has 1 aliphatic heterocycles. The molecular weight excluding hydrogens is 350 g/mol. The van der Waals surface area contributed by atoms with Gasteiger partial charge in [0.2, 0.25) is 0 Å². The second kappa shape index (κ2) is 6.64. The summed E-state index contributed by atoms with van der Waals surface area (Å²) in [4.78, 5) is 33.0. The van der Waals surface area contributed by atoms with E-state index in [1.165, 1.54) is 11.8 Å². The van der Waals surface area contributed by atoms with E-state index in [2.05, 4.69) is 15.3 Å². The lowest BCUT2D eigenvalue weighted by molar-refractivity contribution is -0.116. The summed E-state index contributed by atoms with van der Waals surface area (Å²) in [7, 11) is 1.60. The molecule has 0 radical (unpaired) electrons. The van der Waals surface area contributed by atoms with Crippen molar-refractivity contribution in [1.82, 2.24) is 9.97 Å². The van der Waals surface area contributed by atoms with Gasteiger partial charge in [-0.15, -0.1) is 0 Å². The molecule has 7 heteroatoms. The van der Waals surface area contributed by atoms with Crippen LogP contribution in [0, 0.1) is 0 Å². The van der Waals surface area contributed by atoms with E-state index in [0.29, 0.717) is 34.3 Å². The maximum absolute atomic E-state index is 12.8. The second-order valence-electron chi connectivity index (χ2n) is 6.34. The smallest absolute Gasteiger partial charge is 0.257 e. The number of anilines is 1. The molecule has 4 rings (SSSR count). The van der Waals surface area contributed by atoms with Gasteiger partial charge in [-0.2, -0.15) is 0 Å². The summed E-state index contributed by atoms with van der Waals surface area (Å²) >= 11 is 1.38. The minimum atomic E-state index is -0.434. The number of carbonyl (C=O) groups excluding carboxylic acids is 1. The number of carbonyl (C=O) groups is 1. The third kappa shape index (κ3) is 2.72. The first-order chi connectivity index (χ1) is 12.6. The van der Waals surface area contributed by atoms with E-state index in [1.807, 2.05) is 30.5 Å². The number of allylic oxidation sites excluding steroid dienone is 2. The molecule has 0 amide bonds. The maximum atomic E-state index is 12.8. The molecule has 1 aliphatic carbocycles. The van der Waals surface area contributed by atoms with Gasteiger partial charge in [-0.1, -0.05) is 23.9 Å². The van der Waals surface area contributed by atoms with Crippen LogP contribution in [0.2, 0.25) is 0 Å². The molecule has 2 aromatic rings. The summed E-state index contributed by atoms with van der Waals surface area (Å²) in [6, 6.07) is 7.54. The quantitative estimate of drug-likeness (QED) is 0.639. The Hall–Kier alpha value is -2.54. The summed E-state index contributed by atoms with van der Waals surface area (Å²) in [5, 5.41) is 3.81. The molecule has 26 heavy (non-hydrogen) atoms. The van der Waals surface area contributed by atoms with Crippen LogP contribution in [-0.4, -0.2) is 29.1 Å². The average Bonchev–Trinajstić information content (AvgIpc) is 2.66. The van der Waals surface area contributed by atoms with Crippen LogP contribution >= 0.6 is 11.8 Å². The molecule has 134 valence electrons. The number of nitrogens with one attached hydrogen (secondary N) is 2. The fourth-order valence-electron chi connectivity index (χ4n) is 3.69. The Bertz CT molecular complexity index is 980. The number of hydrogen-bond donors (Lipinski definition) is 2. The number of Topliss-reactive ketones (excluding diaryl/α,β-unsaturated/α-hetero) is 1. The number of H-pyrrole nitrogens is 1. The lowest BCUT2D eigenvalue weighted by Crippen LogP contribution is -2.32. The summed E-state index contributed by atoms with van der Waals surface area (Å²) in [6.07, 6.45) is 3.96. The lowest BCUT2D eigenvalue weighted by Gasteiger charge is -2.32. The van der Waals surface area contributed by atoms with Gasteiger partial charge in [0.05, 0.1) is 12.7 Å². The molecule has 6 nitrogen and oxygen atoms in total. The highest BCUT2D eigenvalue weighted by molar-refractivity contribution is 7.98. The number of fused-ring (bicyclic) bond motifs is 1. The molecule has 2 heterocycles. The number of thioether (sulfide) groups is 1. The van der Waals surface area contributed by atoms with Gasteiger partial charge < -0.3 is 15.0 Å². The van der Waals surface area contributed by atoms with Crippen LogP contribution < -0.4 is 15.6 Å². The number of hydrogen-bond acceptors (Lipinski definition) is 6. The Morgan fingerprint density at radius 1 is 1.27 bits per heavy atom. The van der Waals surface area contributed by atoms with E-state index in [4.69, 9.17) is 4.74 Å². The highest BCUT2D eigenvalue weighted by atomic mass is 32.2. The van der Waals surface area contributed by atoms with Crippen molar-refractivity contribution in [2.24, 2.45) is 0 Å². The Morgan fingerprint density at radius 2 is 2.12 bits per heavy atom. The largest absolute Gasteiger partial charge is 0.497 e. The highest BCUT2D eigenvalue weighted by Crippen LogP contribution is 2.43. The van der Waals surface area contributed by atoms with Gasteiger partial charge in [0, 0.05) is 23.6 Å². The van der Waals surface area contributed by atoms with Crippen molar-refractivity contribution in [3.8, 4) is 5.75 Å². The molecule has 0 saturated heterocycles. The number of benzene rings is 1. The van der Waals surface area contributed by atoms with Gasteiger partial charge in [-0.3, -0.25) is 9.59 Å². The van der Waals surface area contributed by atoms with Gasteiger partial charge in [0.1, 0.15) is 11.6 Å². The standard InChI is InChI=1S/C19H19N3O3S/c1-25-11-6-3-5-10(9-11)14-15-12(7-4-8-13(15)23)20-17-16(14)18(24)22-19(21-17)26-2/h3,5-6,9,14H,4,7-8H2,1-2H3,(H2,20,21,22,24)/t14-/m1/s1. The summed E-state index contributed by atoms with van der Waals surface area (Å²) in [5.41, 5.74) is 2.70. The van der Waals surface area contributed by atoms with E-state index >= 15 is 0 Å².